The van der Waals surface area contributed by atoms with Gasteiger partial charge in [-0.3, -0.25) is 4.79 Å². The molecule has 0 heterocycles. The van der Waals surface area contributed by atoms with E-state index in [1.165, 1.54) is 25.3 Å². The summed E-state index contributed by atoms with van der Waals surface area (Å²) in [4.78, 5) is 12.8. The van der Waals surface area contributed by atoms with Gasteiger partial charge in [-0.25, -0.2) is 17.2 Å². The van der Waals surface area contributed by atoms with E-state index in [-0.39, 0.29) is 22.8 Å². The molecule has 0 saturated heterocycles. The van der Waals surface area contributed by atoms with Crippen LogP contribution >= 0.6 is 0 Å². The van der Waals surface area contributed by atoms with E-state index in [0.29, 0.717) is 11.1 Å². The second-order valence-corrected chi connectivity index (χ2v) is 8.82. The maximum Gasteiger partial charge on any atom is 0.245 e. The molecule has 9 heteroatoms. The summed E-state index contributed by atoms with van der Waals surface area (Å²) in [5.74, 6) is -2.79. The number of nitrogens with one attached hydrogen (secondary N) is 2. The Kier molecular flexibility index (Phi) is 7.22. The molecular formula is C23H22F2N2O4S. The molecule has 0 aliphatic carbocycles. The Morgan fingerprint density at radius 1 is 1.00 bits per heavy atom. The van der Waals surface area contributed by atoms with E-state index in [1.54, 1.807) is 43.3 Å². The molecule has 3 aromatic rings. The SMILES string of the molecule is COc1ccc(C)cc1S(=O)(=O)N[C@H](Cc1ccccc1)C(=O)Nc1ccc(F)c(F)c1. The Morgan fingerprint density at radius 2 is 1.72 bits per heavy atom. The number of halogens is 2. The molecular weight excluding hydrogens is 438 g/mol. The fourth-order valence-corrected chi connectivity index (χ4v) is 4.53. The van der Waals surface area contributed by atoms with Gasteiger partial charge in [0.2, 0.25) is 15.9 Å². The van der Waals surface area contributed by atoms with Crippen LogP contribution in [0.4, 0.5) is 14.5 Å². The Labute approximate surface area is 185 Å². The molecule has 3 aromatic carbocycles. The summed E-state index contributed by atoms with van der Waals surface area (Å²) in [5.41, 5.74) is 1.40. The zero-order valence-electron chi connectivity index (χ0n) is 17.4. The summed E-state index contributed by atoms with van der Waals surface area (Å²) in [6.07, 6.45) is 0.0315. The minimum Gasteiger partial charge on any atom is -0.495 e. The molecule has 0 aromatic heterocycles. The molecule has 168 valence electrons. The summed E-state index contributed by atoms with van der Waals surface area (Å²) in [7, 11) is -2.82. The largest absolute Gasteiger partial charge is 0.495 e. The molecule has 0 unspecified atom stereocenters. The van der Waals surface area contributed by atoms with Crippen molar-refractivity contribution >= 4 is 21.6 Å². The van der Waals surface area contributed by atoms with Gasteiger partial charge >= 0.3 is 0 Å². The molecule has 2 N–H and O–H groups in total. The van der Waals surface area contributed by atoms with Crippen molar-refractivity contribution in [3.63, 3.8) is 0 Å². The highest BCUT2D eigenvalue weighted by atomic mass is 32.2. The number of ether oxygens (including phenoxy) is 1. The number of methoxy groups -OCH3 is 1. The van der Waals surface area contributed by atoms with Gasteiger partial charge in [0.05, 0.1) is 7.11 Å². The third-order valence-corrected chi connectivity index (χ3v) is 6.19. The van der Waals surface area contributed by atoms with E-state index in [4.69, 9.17) is 4.74 Å². The van der Waals surface area contributed by atoms with Gasteiger partial charge in [0.1, 0.15) is 16.7 Å². The highest BCUT2D eigenvalue weighted by Crippen LogP contribution is 2.25. The molecule has 3 rings (SSSR count). The predicted molar refractivity (Wildman–Crippen MR) is 117 cm³/mol. The second-order valence-electron chi connectivity index (χ2n) is 7.14. The van der Waals surface area contributed by atoms with Gasteiger partial charge < -0.3 is 10.1 Å². The number of aryl methyl sites for hydroxylation is 1. The number of amides is 1. The fraction of sp³-hybridized carbons (Fsp3) is 0.174. The summed E-state index contributed by atoms with van der Waals surface area (Å²) >= 11 is 0. The number of hydrogen-bond donors (Lipinski definition) is 2. The number of sulfonamides is 1. The van der Waals surface area contributed by atoms with E-state index >= 15 is 0 Å². The molecule has 0 radical (unpaired) electrons. The molecule has 32 heavy (non-hydrogen) atoms. The topological polar surface area (TPSA) is 84.5 Å². The van der Waals surface area contributed by atoms with Gasteiger partial charge in [-0.1, -0.05) is 36.4 Å². The van der Waals surface area contributed by atoms with Gasteiger partial charge in [0, 0.05) is 11.8 Å². The Hall–Kier alpha value is -3.30. The minimum absolute atomic E-state index is 0.000652. The van der Waals surface area contributed by atoms with E-state index in [9.17, 15) is 22.0 Å². The number of carbonyl (C=O) groups excluding carboxylic acids is 1. The summed E-state index contributed by atoms with van der Waals surface area (Å²) in [6.45, 7) is 1.73. The number of carbonyl (C=O) groups is 1. The normalized spacial score (nSPS) is 12.2. The van der Waals surface area contributed by atoms with Crippen LogP contribution in [0, 0.1) is 18.6 Å². The van der Waals surface area contributed by atoms with E-state index in [2.05, 4.69) is 10.0 Å². The van der Waals surface area contributed by atoms with Crippen LogP contribution in [0.5, 0.6) is 5.75 Å². The first-order valence-electron chi connectivity index (χ1n) is 9.66. The maximum absolute atomic E-state index is 13.5. The van der Waals surface area contributed by atoms with Crippen molar-refractivity contribution in [3.05, 3.63) is 89.5 Å². The fourth-order valence-electron chi connectivity index (χ4n) is 3.09. The number of hydrogen-bond acceptors (Lipinski definition) is 4. The van der Waals surface area contributed by atoms with Crippen molar-refractivity contribution in [2.75, 3.05) is 12.4 Å². The molecule has 0 bridgehead atoms. The minimum atomic E-state index is -4.17. The molecule has 0 aliphatic heterocycles. The van der Waals surface area contributed by atoms with Gasteiger partial charge in [-0.15, -0.1) is 0 Å². The molecule has 0 saturated carbocycles. The lowest BCUT2D eigenvalue weighted by Gasteiger charge is -2.20. The molecule has 6 nitrogen and oxygen atoms in total. The van der Waals surface area contributed by atoms with Crippen LogP contribution in [-0.4, -0.2) is 27.5 Å². The van der Waals surface area contributed by atoms with Crippen molar-refractivity contribution in [2.24, 2.45) is 0 Å². The van der Waals surface area contributed by atoms with Crippen LogP contribution < -0.4 is 14.8 Å². The lowest BCUT2D eigenvalue weighted by molar-refractivity contribution is -0.117. The monoisotopic (exact) mass is 460 g/mol. The van der Waals surface area contributed by atoms with Crippen LogP contribution in [0.1, 0.15) is 11.1 Å². The standard InChI is InChI=1S/C23H22F2N2O4S/c1-15-8-11-21(31-2)22(12-15)32(29,30)27-20(13-16-6-4-3-5-7-16)23(28)26-17-9-10-18(24)19(25)14-17/h3-12,14,20,27H,13H2,1-2H3,(H,26,28)/t20-/m1/s1. The van der Waals surface area contributed by atoms with Crippen LogP contribution in [0.3, 0.4) is 0 Å². The van der Waals surface area contributed by atoms with Gasteiger partial charge in [0.25, 0.3) is 0 Å². The highest BCUT2D eigenvalue weighted by Gasteiger charge is 2.28. The smallest absolute Gasteiger partial charge is 0.245 e. The third kappa shape index (κ3) is 5.68. The van der Waals surface area contributed by atoms with Crippen LogP contribution in [0.2, 0.25) is 0 Å². The average molecular weight is 461 g/mol. The summed E-state index contributed by atoms with van der Waals surface area (Å²) in [5, 5.41) is 2.44. The van der Waals surface area contributed by atoms with Gasteiger partial charge in [-0.2, -0.15) is 4.72 Å². The zero-order valence-corrected chi connectivity index (χ0v) is 18.2. The van der Waals surface area contributed by atoms with Crippen LogP contribution in [0.15, 0.2) is 71.6 Å². The molecule has 0 spiro atoms. The zero-order chi connectivity index (χ0) is 23.3. The average Bonchev–Trinajstić information content (AvgIpc) is 2.76. The lowest BCUT2D eigenvalue weighted by Crippen LogP contribution is -2.45. The second kappa shape index (κ2) is 9.88. The molecule has 0 aliphatic rings. The third-order valence-electron chi connectivity index (χ3n) is 4.69. The number of anilines is 1. The van der Waals surface area contributed by atoms with Crippen molar-refractivity contribution in [2.45, 2.75) is 24.3 Å². The van der Waals surface area contributed by atoms with Crippen LogP contribution in [0.25, 0.3) is 0 Å². The quantitative estimate of drug-likeness (QED) is 0.536. The summed E-state index contributed by atoms with van der Waals surface area (Å²) in [6, 6.07) is 15.1. The molecule has 0 fully saturated rings. The van der Waals surface area contributed by atoms with Gasteiger partial charge in [-0.05, 0) is 48.7 Å². The number of rotatable bonds is 8. The Bertz CT molecular complexity index is 1220. The predicted octanol–water partition coefficient (Wildman–Crippen LogP) is 3.81. The van der Waals surface area contributed by atoms with Crippen LogP contribution in [-0.2, 0) is 21.2 Å². The Balaban J connectivity index is 1.92. The first kappa shape index (κ1) is 23.4. The highest BCUT2D eigenvalue weighted by molar-refractivity contribution is 7.89. The van der Waals surface area contributed by atoms with Gasteiger partial charge in [0.15, 0.2) is 11.6 Å². The number of benzene rings is 3. The lowest BCUT2D eigenvalue weighted by atomic mass is 10.1. The van der Waals surface area contributed by atoms with Crippen molar-refractivity contribution < 1.29 is 26.7 Å². The van der Waals surface area contributed by atoms with Crippen molar-refractivity contribution in [3.8, 4) is 5.75 Å². The molecule has 1 amide bonds. The first-order valence-corrected chi connectivity index (χ1v) is 11.1. The first-order chi connectivity index (χ1) is 15.2. The van der Waals surface area contributed by atoms with E-state index in [1.807, 2.05) is 0 Å². The Morgan fingerprint density at radius 3 is 2.38 bits per heavy atom. The van der Waals surface area contributed by atoms with Crippen molar-refractivity contribution in [1.29, 1.82) is 0 Å². The maximum atomic E-state index is 13.5. The van der Waals surface area contributed by atoms with E-state index in [0.717, 1.165) is 12.1 Å². The molecule has 1 atom stereocenters. The van der Waals surface area contributed by atoms with E-state index < -0.39 is 33.6 Å². The summed E-state index contributed by atoms with van der Waals surface area (Å²) < 4.78 is 60.6. The van der Waals surface area contributed by atoms with Crippen molar-refractivity contribution in [1.82, 2.24) is 4.72 Å².